The molecule has 1 aromatic carbocycles. The maximum Gasteiger partial charge on any atom is 0.234 e. The van der Waals surface area contributed by atoms with Crippen molar-refractivity contribution < 1.29 is 8.91 Å². The molecule has 3 rings (SSSR count). The van der Waals surface area contributed by atoms with Crippen LogP contribution in [0, 0.1) is 12.7 Å². The van der Waals surface area contributed by atoms with Gasteiger partial charge in [0.1, 0.15) is 5.82 Å². The molecule has 2 aromatic rings. The van der Waals surface area contributed by atoms with Crippen molar-refractivity contribution in [3.05, 3.63) is 35.5 Å². The Labute approximate surface area is 104 Å². The summed E-state index contributed by atoms with van der Waals surface area (Å²) in [4.78, 5) is 4.33. The zero-order chi connectivity index (χ0) is 12.8. The highest BCUT2D eigenvalue weighted by molar-refractivity contribution is 5.55. The van der Waals surface area contributed by atoms with Crippen LogP contribution in [0.25, 0.3) is 11.4 Å². The number of halogens is 1. The highest BCUT2D eigenvalue weighted by Gasteiger charge is 2.48. The number of aromatic nitrogens is 2. The van der Waals surface area contributed by atoms with Crippen LogP contribution in [0.1, 0.15) is 24.3 Å². The number of nitrogens with two attached hydrogens (primary N) is 1. The first-order chi connectivity index (χ1) is 8.64. The molecule has 1 aromatic heterocycles. The van der Waals surface area contributed by atoms with Crippen molar-refractivity contribution in [2.75, 3.05) is 6.54 Å². The first kappa shape index (κ1) is 11.3. The third-order valence-electron chi connectivity index (χ3n) is 3.55. The molecule has 1 heterocycles. The third kappa shape index (κ3) is 1.71. The summed E-state index contributed by atoms with van der Waals surface area (Å²) in [5.74, 6) is 0.725. The van der Waals surface area contributed by atoms with Crippen molar-refractivity contribution in [1.82, 2.24) is 10.1 Å². The fourth-order valence-electron chi connectivity index (χ4n) is 1.94. The first-order valence-electron chi connectivity index (χ1n) is 5.95. The summed E-state index contributed by atoms with van der Waals surface area (Å²) < 4.78 is 18.7. The van der Waals surface area contributed by atoms with Gasteiger partial charge in [-0.05, 0) is 31.4 Å². The van der Waals surface area contributed by atoms with Crippen molar-refractivity contribution in [2.24, 2.45) is 5.73 Å². The van der Waals surface area contributed by atoms with Crippen molar-refractivity contribution in [2.45, 2.75) is 25.2 Å². The summed E-state index contributed by atoms with van der Waals surface area (Å²) >= 11 is 0. The van der Waals surface area contributed by atoms with Crippen LogP contribution in [0.3, 0.4) is 0 Å². The molecule has 94 valence electrons. The number of rotatable bonds is 3. The maximum absolute atomic E-state index is 13.5. The lowest BCUT2D eigenvalue weighted by Crippen LogP contribution is -2.19. The fourth-order valence-corrected chi connectivity index (χ4v) is 1.94. The molecule has 1 saturated carbocycles. The van der Waals surface area contributed by atoms with Crippen LogP contribution in [0.15, 0.2) is 22.7 Å². The fraction of sp³-hybridized carbons (Fsp3) is 0.385. The minimum Gasteiger partial charge on any atom is -0.338 e. The maximum atomic E-state index is 13.5. The van der Waals surface area contributed by atoms with Crippen LogP contribution in [-0.4, -0.2) is 16.7 Å². The molecule has 5 heteroatoms. The number of hydrogen-bond donors (Lipinski definition) is 1. The van der Waals surface area contributed by atoms with Crippen molar-refractivity contribution >= 4 is 0 Å². The topological polar surface area (TPSA) is 64.9 Å². The second-order valence-electron chi connectivity index (χ2n) is 4.87. The molecule has 0 amide bonds. The summed E-state index contributed by atoms with van der Waals surface area (Å²) in [6.45, 7) is 2.23. The van der Waals surface area contributed by atoms with Crippen LogP contribution < -0.4 is 5.73 Å². The van der Waals surface area contributed by atoms with Gasteiger partial charge < -0.3 is 10.3 Å². The molecule has 2 N–H and O–H groups in total. The normalized spacial score (nSPS) is 16.8. The number of nitrogens with zero attached hydrogens (tertiary/aromatic N) is 2. The van der Waals surface area contributed by atoms with Crippen LogP contribution in [0.5, 0.6) is 0 Å². The summed E-state index contributed by atoms with van der Waals surface area (Å²) in [7, 11) is 0. The Morgan fingerprint density at radius 1 is 1.44 bits per heavy atom. The molecule has 0 saturated heterocycles. The molecule has 0 unspecified atom stereocenters. The minimum atomic E-state index is -0.265. The van der Waals surface area contributed by atoms with E-state index in [1.807, 2.05) is 0 Å². The predicted molar refractivity (Wildman–Crippen MR) is 64.4 cm³/mol. The van der Waals surface area contributed by atoms with Gasteiger partial charge in [0.15, 0.2) is 0 Å². The molecule has 18 heavy (non-hydrogen) atoms. The average Bonchev–Trinajstić information content (AvgIpc) is 3.02. The predicted octanol–water partition coefficient (Wildman–Crippen LogP) is 2.17. The smallest absolute Gasteiger partial charge is 0.234 e. The quantitative estimate of drug-likeness (QED) is 0.902. The molecule has 0 radical (unpaired) electrons. The van der Waals surface area contributed by atoms with Gasteiger partial charge >= 0.3 is 0 Å². The third-order valence-corrected chi connectivity index (χ3v) is 3.55. The van der Waals surface area contributed by atoms with Crippen LogP contribution in [0.2, 0.25) is 0 Å². The van der Waals surface area contributed by atoms with E-state index < -0.39 is 0 Å². The van der Waals surface area contributed by atoms with Crippen LogP contribution in [0.4, 0.5) is 4.39 Å². The summed E-state index contributed by atoms with van der Waals surface area (Å²) in [6.07, 6.45) is 1.96. The molecule has 0 bridgehead atoms. The van der Waals surface area contributed by atoms with E-state index in [-0.39, 0.29) is 11.2 Å². The lowest BCUT2D eigenvalue weighted by Gasteiger charge is -2.03. The van der Waals surface area contributed by atoms with Gasteiger partial charge in [-0.25, -0.2) is 4.39 Å². The average molecular weight is 247 g/mol. The van der Waals surface area contributed by atoms with Gasteiger partial charge in [0, 0.05) is 12.1 Å². The molecule has 1 fully saturated rings. The van der Waals surface area contributed by atoms with E-state index in [0.29, 0.717) is 29.4 Å². The molecule has 0 aliphatic heterocycles. The second kappa shape index (κ2) is 3.88. The number of benzene rings is 1. The SMILES string of the molecule is Cc1ccc(-c2noc(C3(CN)CC3)n2)cc1F. The summed E-state index contributed by atoms with van der Waals surface area (Å²) in [5.41, 5.74) is 6.80. The highest BCUT2D eigenvalue weighted by Crippen LogP contribution is 2.46. The van der Waals surface area contributed by atoms with Gasteiger partial charge in [0.25, 0.3) is 0 Å². The molecule has 1 aliphatic carbocycles. The molecule has 0 atom stereocenters. The van der Waals surface area contributed by atoms with Gasteiger partial charge in [-0.3, -0.25) is 0 Å². The Morgan fingerprint density at radius 2 is 2.22 bits per heavy atom. The highest BCUT2D eigenvalue weighted by atomic mass is 19.1. The van der Waals surface area contributed by atoms with E-state index in [1.165, 1.54) is 6.07 Å². The molecular weight excluding hydrogens is 233 g/mol. The lowest BCUT2D eigenvalue weighted by atomic mass is 10.1. The Balaban J connectivity index is 1.95. The Bertz CT molecular complexity index is 590. The second-order valence-corrected chi connectivity index (χ2v) is 4.87. The van der Waals surface area contributed by atoms with E-state index >= 15 is 0 Å². The monoisotopic (exact) mass is 247 g/mol. The lowest BCUT2D eigenvalue weighted by molar-refractivity contribution is 0.347. The largest absolute Gasteiger partial charge is 0.338 e. The zero-order valence-corrected chi connectivity index (χ0v) is 10.1. The van der Waals surface area contributed by atoms with E-state index in [0.717, 1.165) is 12.8 Å². The minimum absolute atomic E-state index is 0.130. The molecule has 0 spiro atoms. The van der Waals surface area contributed by atoms with Crippen molar-refractivity contribution in [3.8, 4) is 11.4 Å². The number of hydrogen-bond acceptors (Lipinski definition) is 4. The van der Waals surface area contributed by atoms with Gasteiger partial charge in [0.05, 0.1) is 5.41 Å². The Morgan fingerprint density at radius 3 is 2.83 bits per heavy atom. The Hall–Kier alpha value is -1.75. The van der Waals surface area contributed by atoms with E-state index in [2.05, 4.69) is 10.1 Å². The van der Waals surface area contributed by atoms with E-state index in [4.69, 9.17) is 10.3 Å². The van der Waals surface area contributed by atoms with Crippen molar-refractivity contribution in [3.63, 3.8) is 0 Å². The van der Waals surface area contributed by atoms with Crippen LogP contribution >= 0.6 is 0 Å². The number of aryl methyl sites for hydroxylation is 1. The van der Waals surface area contributed by atoms with Gasteiger partial charge in [-0.15, -0.1) is 0 Å². The van der Waals surface area contributed by atoms with Crippen molar-refractivity contribution in [1.29, 1.82) is 0 Å². The zero-order valence-electron chi connectivity index (χ0n) is 10.1. The molecule has 4 nitrogen and oxygen atoms in total. The van der Waals surface area contributed by atoms with E-state index in [1.54, 1.807) is 19.1 Å². The van der Waals surface area contributed by atoms with E-state index in [9.17, 15) is 4.39 Å². The van der Waals surface area contributed by atoms with Gasteiger partial charge in [-0.1, -0.05) is 17.3 Å². The summed E-state index contributed by atoms with van der Waals surface area (Å²) in [5, 5.41) is 3.90. The Kier molecular flexibility index (Phi) is 2.45. The standard InChI is InChI=1S/C13H14FN3O/c1-8-2-3-9(6-10(8)14)11-16-12(18-17-11)13(7-15)4-5-13/h2-3,6H,4-5,7,15H2,1H3. The molecule has 1 aliphatic rings. The first-order valence-corrected chi connectivity index (χ1v) is 5.95. The molecular formula is C13H14FN3O. The van der Waals surface area contributed by atoms with Crippen LogP contribution in [-0.2, 0) is 5.41 Å². The van der Waals surface area contributed by atoms with Gasteiger partial charge in [0.2, 0.25) is 11.7 Å². The summed E-state index contributed by atoms with van der Waals surface area (Å²) in [6, 6.07) is 4.91. The van der Waals surface area contributed by atoms with Gasteiger partial charge in [-0.2, -0.15) is 4.98 Å².